The Morgan fingerprint density at radius 2 is 2.11 bits per heavy atom. The minimum atomic E-state index is -1.10. The molecule has 0 aromatic carbocycles. The third kappa shape index (κ3) is 1.99. The van der Waals surface area contributed by atoms with Gasteiger partial charge in [0.2, 0.25) is 0 Å². The van der Waals surface area contributed by atoms with Gasteiger partial charge in [-0.2, -0.15) is 0 Å². The molecule has 7 heteroatoms. The second-order valence-electron chi connectivity index (χ2n) is 3.90. The molecule has 0 bridgehead atoms. The van der Waals surface area contributed by atoms with Crippen molar-refractivity contribution in [1.29, 1.82) is 0 Å². The molecule has 0 amide bonds. The van der Waals surface area contributed by atoms with Crippen molar-refractivity contribution in [2.24, 2.45) is 0 Å². The van der Waals surface area contributed by atoms with Crippen molar-refractivity contribution in [3.8, 4) is 0 Å². The molecule has 2 heterocycles. The Hall–Kier alpha value is -2.18. The van der Waals surface area contributed by atoms with Crippen molar-refractivity contribution in [1.82, 2.24) is 19.2 Å². The SMILES string of the molecule is CCc1cc2nn(CC(=O)O)c(=O)n2c(CC)n1. The summed E-state index contributed by atoms with van der Waals surface area (Å²) in [6.45, 7) is 3.41. The van der Waals surface area contributed by atoms with Crippen molar-refractivity contribution >= 4 is 11.6 Å². The number of carbonyl (C=O) groups is 1. The first-order valence-corrected chi connectivity index (χ1v) is 5.77. The molecule has 0 aliphatic rings. The Morgan fingerprint density at radius 1 is 1.39 bits per heavy atom. The van der Waals surface area contributed by atoms with Gasteiger partial charge in [0, 0.05) is 18.2 Å². The van der Waals surface area contributed by atoms with Gasteiger partial charge in [0.15, 0.2) is 5.65 Å². The molecule has 0 saturated heterocycles. The van der Waals surface area contributed by atoms with Gasteiger partial charge in [-0.3, -0.25) is 4.79 Å². The van der Waals surface area contributed by atoms with Crippen molar-refractivity contribution < 1.29 is 9.90 Å². The summed E-state index contributed by atoms with van der Waals surface area (Å²) >= 11 is 0. The third-order valence-corrected chi connectivity index (χ3v) is 2.65. The second-order valence-corrected chi connectivity index (χ2v) is 3.90. The fourth-order valence-corrected chi connectivity index (χ4v) is 1.81. The number of rotatable bonds is 4. The lowest BCUT2D eigenvalue weighted by molar-refractivity contribution is -0.137. The number of hydrogen-bond donors (Lipinski definition) is 1. The van der Waals surface area contributed by atoms with Crippen molar-refractivity contribution in [3.05, 3.63) is 28.1 Å². The smallest absolute Gasteiger partial charge is 0.352 e. The maximum Gasteiger partial charge on any atom is 0.352 e. The van der Waals surface area contributed by atoms with Crippen LogP contribution in [0.15, 0.2) is 10.9 Å². The standard InChI is InChI=1S/C11H14N4O3/c1-3-7-5-9-13-14(6-10(16)17)11(18)15(9)8(4-2)12-7/h5H,3-4,6H2,1-2H3,(H,16,17). The summed E-state index contributed by atoms with van der Waals surface area (Å²) in [6, 6.07) is 1.71. The highest BCUT2D eigenvalue weighted by atomic mass is 16.4. The highest BCUT2D eigenvalue weighted by molar-refractivity contribution is 5.66. The molecule has 2 aromatic heterocycles. The summed E-state index contributed by atoms with van der Waals surface area (Å²) in [7, 11) is 0. The lowest BCUT2D eigenvalue weighted by Gasteiger charge is -2.02. The Bertz CT molecular complexity index is 656. The van der Waals surface area contributed by atoms with E-state index >= 15 is 0 Å². The van der Waals surface area contributed by atoms with E-state index in [1.807, 2.05) is 13.8 Å². The van der Waals surface area contributed by atoms with Gasteiger partial charge in [0.05, 0.1) is 0 Å². The summed E-state index contributed by atoms with van der Waals surface area (Å²) in [5.41, 5.74) is 0.830. The molecule has 0 fully saturated rings. The molecule has 0 radical (unpaired) electrons. The number of carboxylic acids is 1. The molecular weight excluding hydrogens is 236 g/mol. The fourth-order valence-electron chi connectivity index (χ4n) is 1.81. The van der Waals surface area contributed by atoms with E-state index in [1.165, 1.54) is 4.40 Å². The first-order chi connectivity index (χ1) is 8.56. The van der Waals surface area contributed by atoms with Gasteiger partial charge in [0.25, 0.3) is 0 Å². The lowest BCUT2D eigenvalue weighted by atomic mass is 10.3. The number of aryl methyl sites for hydroxylation is 2. The zero-order valence-corrected chi connectivity index (χ0v) is 10.3. The summed E-state index contributed by atoms with van der Waals surface area (Å²) in [5.74, 6) is -0.492. The first kappa shape index (κ1) is 12.3. The van der Waals surface area contributed by atoms with Gasteiger partial charge in [-0.15, -0.1) is 5.10 Å². The molecule has 0 saturated carbocycles. The molecule has 0 aliphatic carbocycles. The molecule has 0 unspecified atom stereocenters. The van der Waals surface area contributed by atoms with Gasteiger partial charge in [0.1, 0.15) is 12.4 Å². The highest BCUT2D eigenvalue weighted by Crippen LogP contribution is 2.05. The van der Waals surface area contributed by atoms with Crippen molar-refractivity contribution in [2.45, 2.75) is 33.2 Å². The third-order valence-electron chi connectivity index (χ3n) is 2.65. The van der Waals surface area contributed by atoms with Crippen LogP contribution in [0.5, 0.6) is 0 Å². The Kier molecular flexibility index (Phi) is 3.14. The summed E-state index contributed by atoms with van der Waals surface area (Å²) < 4.78 is 2.31. The van der Waals surface area contributed by atoms with Gasteiger partial charge in [-0.25, -0.2) is 18.9 Å². The predicted molar refractivity (Wildman–Crippen MR) is 63.6 cm³/mol. The van der Waals surface area contributed by atoms with Crippen LogP contribution < -0.4 is 5.69 Å². The largest absolute Gasteiger partial charge is 0.480 e. The molecule has 2 aromatic rings. The molecule has 0 aliphatic heterocycles. The van der Waals surface area contributed by atoms with E-state index in [0.29, 0.717) is 17.9 Å². The van der Waals surface area contributed by atoms with Crippen LogP contribution in [-0.4, -0.2) is 30.2 Å². The number of hydrogen-bond acceptors (Lipinski definition) is 4. The lowest BCUT2D eigenvalue weighted by Crippen LogP contribution is -2.26. The van der Waals surface area contributed by atoms with E-state index in [1.54, 1.807) is 6.07 Å². The topological polar surface area (TPSA) is 89.5 Å². The monoisotopic (exact) mass is 250 g/mol. The highest BCUT2D eigenvalue weighted by Gasteiger charge is 2.13. The Morgan fingerprint density at radius 3 is 2.67 bits per heavy atom. The van der Waals surface area contributed by atoms with E-state index < -0.39 is 18.2 Å². The number of carboxylic acid groups (broad SMARTS) is 1. The van der Waals surface area contributed by atoms with Crippen LogP contribution in [-0.2, 0) is 24.2 Å². The van der Waals surface area contributed by atoms with E-state index in [0.717, 1.165) is 16.8 Å². The fraction of sp³-hybridized carbons (Fsp3) is 0.455. The second kappa shape index (κ2) is 4.59. The van der Waals surface area contributed by atoms with Crippen LogP contribution in [0.1, 0.15) is 25.4 Å². The molecule has 2 rings (SSSR count). The Balaban J connectivity index is 2.70. The van der Waals surface area contributed by atoms with E-state index in [2.05, 4.69) is 10.1 Å². The van der Waals surface area contributed by atoms with Crippen LogP contribution in [0.4, 0.5) is 0 Å². The van der Waals surface area contributed by atoms with E-state index in [9.17, 15) is 9.59 Å². The summed E-state index contributed by atoms with van der Waals surface area (Å²) in [6.07, 6.45) is 1.33. The van der Waals surface area contributed by atoms with Crippen LogP contribution in [0.25, 0.3) is 5.65 Å². The molecule has 18 heavy (non-hydrogen) atoms. The summed E-state index contributed by atoms with van der Waals surface area (Å²) in [4.78, 5) is 27.0. The van der Waals surface area contributed by atoms with Crippen molar-refractivity contribution in [2.75, 3.05) is 0 Å². The minimum absolute atomic E-state index is 0.439. The quantitative estimate of drug-likeness (QED) is 0.831. The van der Waals surface area contributed by atoms with Crippen LogP contribution in [0.3, 0.4) is 0 Å². The van der Waals surface area contributed by atoms with Crippen LogP contribution in [0, 0.1) is 0 Å². The number of aromatic nitrogens is 4. The Labute approximate surface area is 103 Å². The van der Waals surface area contributed by atoms with Gasteiger partial charge in [-0.05, 0) is 6.42 Å². The zero-order valence-electron chi connectivity index (χ0n) is 10.3. The summed E-state index contributed by atoms with van der Waals surface area (Å²) in [5, 5.41) is 12.7. The molecule has 96 valence electrons. The number of fused-ring (bicyclic) bond motifs is 1. The molecular formula is C11H14N4O3. The molecule has 1 N–H and O–H groups in total. The van der Waals surface area contributed by atoms with Crippen molar-refractivity contribution in [3.63, 3.8) is 0 Å². The zero-order chi connectivity index (χ0) is 13.3. The van der Waals surface area contributed by atoms with Crippen LogP contribution in [0.2, 0.25) is 0 Å². The predicted octanol–water partition coefficient (Wildman–Crippen LogP) is 0.100. The average molecular weight is 250 g/mol. The number of nitrogens with zero attached hydrogens (tertiary/aromatic N) is 4. The molecule has 0 spiro atoms. The molecule has 7 nitrogen and oxygen atoms in total. The van der Waals surface area contributed by atoms with E-state index in [4.69, 9.17) is 5.11 Å². The number of aliphatic carboxylic acids is 1. The van der Waals surface area contributed by atoms with Gasteiger partial charge < -0.3 is 5.11 Å². The normalized spacial score (nSPS) is 11.0. The first-order valence-electron chi connectivity index (χ1n) is 5.77. The maximum absolute atomic E-state index is 12.0. The average Bonchev–Trinajstić information content (AvgIpc) is 2.64. The van der Waals surface area contributed by atoms with Crippen LogP contribution >= 0.6 is 0 Å². The maximum atomic E-state index is 12.0. The van der Waals surface area contributed by atoms with E-state index in [-0.39, 0.29) is 0 Å². The van der Waals surface area contributed by atoms with Gasteiger partial charge in [-0.1, -0.05) is 13.8 Å². The molecule has 0 atom stereocenters. The minimum Gasteiger partial charge on any atom is -0.480 e. The van der Waals surface area contributed by atoms with Gasteiger partial charge >= 0.3 is 11.7 Å².